The molecule has 0 saturated carbocycles. The zero-order valence-corrected chi connectivity index (χ0v) is 8.34. The first-order valence-corrected chi connectivity index (χ1v) is 4.32. The number of nitrogens with zero attached hydrogens (tertiary/aromatic N) is 1. The molecule has 74 valence electrons. The molecule has 1 rings (SSSR count). The standard InChI is InChI=1S/C8H5Cl2NO3/c9-6-1-4(2-7(10)11-6)5(12)3-8(13)14/h1-2H,3H2,(H,13,14). The van der Waals surface area contributed by atoms with Gasteiger partial charge in [0.25, 0.3) is 0 Å². The molecule has 0 fully saturated rings. The van der Waals surface area contributed by atoms with Crippen LogP contribution in [-0.2, 0) is 4.79 Å². The van der Waals surface area contributed by atoms with E-state index in [2.05, 4.69) is 4.98 Å². The van der Waals surface area contributed by atoms with Crippen LogP contribution in [-0.4, -0.2) is 21.8 Å². The molecule has 1 aromatic heterocycles. The van der Waals surface area contributed by atoms with Crippen molar-refractivity contribution in [2.45, 2.75) is 6.42 Å². The molecule has 0 aromatic carbocycles. The van der Waals surface area contributed by atoms with E-state index < -0.39 is 18.2 Å². The van der Waals surface area contributed by atoms with Gasteiger partial charge in [0.05, 0.1) is 0 Å². The van der Waals surface area contributed by atoms with Crippen molar-refractivity contribution in [3.63, 3.8) is 0 Å². The van der Waals surface area contributed by atoms with Gasteiger partial charge in [-0.3, -0.25) is 9.59 Å². The van der Waals surface area contributed by atoms with Crippen LogP contribution in [0.2, 0.25) is 10.3 Å². The van der Waals surface area contributed by atoms with Crippen molar-refractivity contribution in [3.8, 4) is 0 Å². The molecule has 0 atom stereocenters. The fourth-order valence-corrected chi connectivity index (χ4v) is 1.33. The number of halogens is 2. The molecule has 0 bridgehead atoms. The van der Waals surface area contributed by atoms with E-state index in [1.165, 1.54) is 12.1 Å². The van der Waals surface area contributed by atoms with Crippen molar-refractivity contribution in [1.82, 2.24) is 4.98 Å². The van der Waals surface area contributed by atoms with Gasteiger partial charge in [-0.25, -0.2) is 4.98 Å². The van der Waals surface area contributed by atoms with E-state index in [0.29, 0.717) is 0 Å². The molecule has 4 nitrogen and oxygen atoms in total. The summed E-state index contributed by atoms with van der Waals surface area (Å²) in [5.41, 5.74) is 0.150. The summed E-state index contributed by atoms with van der Waals surface area (Å²) in [4.78, 5) is 25.1. The Balaban J connectivity index is 2.95. The normalized spacial score (nSPS) is 9.86. The molecular formula is C8H5Cl2NO3. The lowest BCUT2D eigenvalue weighted by atomic mass is 10.1. The molecule has 0 aliphatic rings. The molecule has 0 aliphatic heterocycles. The molecule has 0 aliphatic carbocycles. The number of aliphatic carboxylic acids is 1. The summed E-state index contributed by atoms with van der Waals surface area (Å²) in [6, 6.07) is 2.55. The fourth-order valence-electron chi connectivity index (χ4n) is 0.865. The Morgan fingerprint density at radius 2 is 1.79 bits per heavy atom. The summed E-state index contributed by atoms with van der Waals surface area (Å²) >= 11 is 11.1. The highest BCUT2D eigenvalue weighted by atomic mass is 35.5. The Labute approximate surface area is 89.5 Å². The van der Waals surface area contributed by atoms with Gasteiger partial charge in [0.1, 0.15) is 16.7 Å². The highest BCUT2D eigenvalue weighted by molar-refractivity contribution is 6.33. The number of rotatable bonds is 3. The lowest BCUT2D eigenvalue weighted by Gasteiger charge is -1.99. The third-order valence-corrected chi connectivity index (χ3v) is 1.78. The molecular weight excluding hydrogens is 229 g/mol. The monoisotopic (exact) mass is 233 g/mol. The SMILES string of the molecule is O=C(O)CC(=O)c1cc(Cl)nc(Cl)c1. The third kappa shape index (κ3) is 2.97. The molecule has 14 heavy (non-hydrogen) atoms. The summed E-state index contributed by atoms with van der Waals surface area (Å²) in [7, 11) is 0. The second-order valence-corrected chi connectivity index (χ2v) is 3.27. The number of carboxylic acids is 1. The first kappa shape index (κ1) is 10.9. The minimum Gasteiger partial charge on any atom is -0.481 e. The second-order valence-electron chi connectivity index (χ2n) is 2.49. The maximum atomic E-state index is 11.2. The summed E-state index contributed by atoms with van der Waals surface area (Å²) in [6.45, 7) is 0. The molecule has 0 unspecified atom stereocenters. The molecule has 1 aromatic rings. The van der Waals surface area contributed by atoms with Gasteiger partial charge in [-0.15, -0.1) is 0 Å². The van der Waals surface area contributed by atoms with Gasteiger partial charge < -0.3 is 5.11 Å². The lowest BCUT2D eigenvalue weighted by molar-refractivity contribution is -0.135. The number of carboxylic acid groups (broad SMARTS) is 1. The van der Waals surface area contributed by atoms with Crippen LogP contribution >= 0.6 is 23.2 Å². The van der Waals surface area contributed by atoms with E-state index in [9.17, 15) is 9.59 Å². The van der Waals surface area contributed by atoms with E-state index in [4.69, 9.17) is 28.3 Å². The number of Topliss-reactive ketones (excluding diaryl/α,β-unsaturated/α-hetero) is 1. The number of hydrogen-bond donors (Lipinski definition) is 1. The smallest absolute Gasteiger partial charge is 0.311 e. The molecule has 1 heterocycles. The van der Waals surface area contributed by atoms with Gasteiger partial charge in [-0.2, -0.15) is 0 Å². The second kappa shape index (κ2) is 4.39. The minimum absolute atomic E-state index is 0.0613. The summed E-state index contributed by atoms with van der Waals surface area (Å²) in [6.07, 6.45) is -0.587. The van der Waals surface area contributed by atoms with Gasteiger partial charge in [0.15, 0.2) is 5.78 Å². The first-order valence-electron chi connectivity index (χ1n) is 3.57. The quantitative estimate of drug-likeness (QED) is 0.493. The van der Waals surface area contributed by atoms with E-state index in [1.807, 2.05) is 0 Å². The Hall–Kier alpha value is -1.13. The highest BCUT2D eigenvalue weighted by Crippen LogP contribution is 2.15. The largest absolute Gasteiger partial charge is 0.481 e. The van der Waals surface area contributed by atoms with E-state index in [-0.39, 0.29) is 15.9 Å². The number of ketones is 1. The summed E-state index contributed by atoms with van der Waals surface area (Å²) < 4.78 is 0. The molecule has 0 radical (unpaired) electrons. The van der Waals surface area contributed by atoms with Gasteiger partial charge in [-0.1, -0.05) is 23.2 Å². The van der Waals surface area contributed by atoms with E-state index >= 15 is 0 Å². The Morgan fingerprint density at radius 1 is 1.29 bits per heavy atom. The summed E-state index contributed by atoms with van der Waals surface area (Å²) in [5, 5.41) is 8.50. The van der Waals surface area contributed by atoms with Crippen molar-refractivity contribution in [2.24, 2.45) is 0 Å². The maximum Gasteiger partial charge on any atom is 0.311 e. The summed E-state index contributed by atoms with van der Waals surface area (Å²) in [5.74, 6) is -1.75. The highest BCUT2D eigenvalue weighted by Gasteiger charge is 2.12. The zero-order chi connectivity index (χ0) is 10.7. The van der Waals surface area contributed by atoms with Crippen molar-refractivity contribution in [3.05, 3.63) is 28.0 Å². The molecule has 0 spiro atoms. The van der Waals surface area contributed by atoms with Crippen molar-refractivity contribution < 1.29 is 14.7 Å². The zero-order valence-electron chi connectivity index (χ0n) is 6.83. The predicted octanol–water partition coefficient (Wildman–Crippen LogP) is 2.05. The topological polar surface area (TPSA) is 67.3 Å². The Bertz CT molecular complexity index is 372. The van der Waals surface area contributed by atoms with Crippen LogP contribution in [0, 0.1) is 0 Å². The number of carbonyl (C=O) groups excluding carboxylic acids is 1. The van der Waals surface area contributed by atoms with E-state index in [1.54, 1.807) is 0 Å². The average Bonchev–Trinajstić information content (AvgIpc) is 2.00. The molecule has 0 amide bonds. The third-order valence-electron chi connectivity index (χ3n) is 1.40. The lowest BCUT2D eigenvalue weighted by Crippen LogP contribution is -2.07. The minimum atomic E-state index is -1.20. The average molecular weight is 234 g/mol. The van der Waals surface area contributed by atoms with E-state index in [0.717, 1.165) is 0 Å². The Morgan fingerprint density at radius 3 is 2.21 bits per heavy atom. The van der Waals surface area contributed by atoms with Crippen molar-refractivity contribution in [1.29, 1.82) is 0 Å². The van der Waals surface area contributed by atoms with Crippen LogP contribution in [0.1, 0.15) is 16.8 Å². The van der Waals surface area contributed by atoms with Crippen molar-refractivity contribution in [2.75, 3.05) is 0 Å². The first-order chi connectivity index (χ1) is 6.49. The van der Waals surface area contributed by atoms with Crippen LogP contribution < -0.4 is 0 Å². The van der Waals surface area contributed by atoms with Crippen LogP contribution in [0.3, 0.4) is 0 Å². The maximum absolute atomic E-state index is 11.2. The molecule has 6 heteroatoms. The van der Waals surface area contributed by atoms with Crippen molar-refractivity contribution >= 4 is 35.0 Å². The van der Waals surface area contributed by atoms with Gasteiger partial charge >= 0.3 is 5.97 Å². The van der Waals surface area contributed by atoms with Crippen LogP contribution in [0.15, 0.2) is 12.1 Å². The predicted molar refractivity (Wildman–Crippen MR) is 50.8 cm³/mol. The number of pyridine rings is 1. The van der Waals surface area contributed by atoms with Crippen LogP contribution in [0.4, 0.5) is 0 Å². The molecule has 1 N–H and O–H groups in total. The number of carbonyl (C=O) groups is 2. The van der Waals surface area contributed by atoms with Gasteiger partial charge in [0, 0.05) is 5.56 Å². The Kier molecular flexibility index (Phi) is 3.43. The fraction of sp³-hybridized carbons (Fsp3) is 0.125. The van der Waals surface area contributed by atoms with Gasteiger partial charge in [0.2, 0.25) is 0 Å². The molecule has 0 saturated heterocycles. The van der Waals surface area contributed by atoms with Crippen LogP contribution in [0.25, 0.3) is 0 Å². The van der Waals surface area contributed by atoms with Crippen LogP contribution in [0.5, 0.6) is 0 Å². The number of hydrogen-bond acceptors (Lipinski definition) is 3. The number of aromatic nitrogens is 1. The van der Waals surface area contributed by atoms with Gasteiger partial charge in [-0.05, 0) is 12.1 Å².